The Bertz CT molecular complexity index is 478. The van der Waals surface area contributed by atoms with Crippen LogP contribution < -0.4 is 10.6 Å². The molecular weight excluding hydrogens is 236 g/mol. The maximum atomic E-state index is 12.0. The standard InChI is InChI=1S/C16H24N2O/c1-11-6-7-14(12(2)10-11)13(3)17-15(19)18-16(4)8-5-9-16/h6-7,10,13H,5,8-9H2,1-4H3,(H2,17,18,19). The van der Waals surface area contributed by atoms with Gasteiger partial charge in [-0.2, -0.15) is 0 Å². The van der Waals surface area contributed by atoms with Crippen molar-refractivity contribution >= 4 is 6.03 Å². The molecule has 0 bridgehead atoms. The normalized spacial score (nSPS) is 18.3. The topological polar surface area (TPSA) is 41.1 Å². The lowest BCUT2D eigenvalue weighted by molar-refractivity contribution is 0.189. The maximum Gasteiger partial charge on any atom is 0.315 e. The lowest BCUT2D eigenvalue weighted by atomic mass is 9.79. The summed E-state index contributed by atoms with van der Waals surface area (Å²) in [7, 11) is 0. The van der Waals surface area contributed by atoms with Crippen molar-refractivity contribution in [1.29, 1.82) is 0 Å². The molecule has 0 radical (unpaired) electrons. The van der Waals surface area contributed by atoms with Gasteiger partial charge in [-0.05, 0) is 58.1 Å². The van der Waals surface area contributed by atoms with Gasteiger partial charge >= 0.3 is 6.03 Å². The molecule has 2 rings (SSSR count). The molecule has 0 aromatic heterocycles. The summed E-state index contributed by atoms with van der Waals surface area (Å²) in [6.45, 7) is 8.31. The molecule has 1 aliphatic rings. The van der Waals surface area contributed by atoms with E-state index >= 15 is 0 Å². The Balaban J connectivity index is 1.96. The first-order valence-electron chi connectivity index (χ1n) is 7.05. The Kier molecular flexibility index (Phi) is 3.83. The lowest BCUT2D eigenvalue weighted by Crippen LogP contribution is -2.54. The number of carbonyl (C=O) groups excluding carboxylic acids is 1. The van der Waals surface area contributed by atoms with Gasteiger partial charge in [0.05, 0.1) is 6.04 Å². The number of benzene rings is 1. The summed E-state index contributed by atoms with van der Waals surface area (Å²) in [5, 5.41) is 6.10. The molecule has 1 fully saturated rings. The number of aryl methyl sites for hydroxylation is 2. The van der Waals surface area contributed by atoms with Crippen LogP contribution in [-0.2, 0) is 0 Å². The Hall–Kier alpha value is -1.51. The molecule has 2 amide bonds. The smallest absolute Gasteiger partial charge is 0.315 e. The lowest BCUT2D eigenvalue weighted by Gasteiger charge is -2.39. The van der Waals surface area contributed by atoms with Crippen LogP contribution in [0.25, 0.3) is 0 Å². The Morgan fingerprint density at radius 2 is 2.00 bits per heavy atom. The van der Waals surface area contributed by atoms with E-state index in [1.807, 2.05) is 6.92 Å². The molecule has 3 heteroatoms. The molecule has 0 saturated heterocycles. The van der Waals surface area contributed by atoms with Gasteiger partial charge < -0.3 is 10.6 Å². The summed E-state index contributed by atoms with van der Waals surface area (Å²) >= 11 is 0. The summed E-state index contributed by atoms with van der Waals surface area (Å²) in [5.74, 6) is 0. The van der Waals surface area contributed by atoms with Gasteiger partial charge in [0.25, 0.3) is 0 Å². The molecule has 1 unspecified atom stereocenters. The summed E-state index contributed by atoms with van der Waals surface area (Å²) < 4.78 is 0. The van der Waals surface area contributed by atoms with Crippen molar-refractivity contribution in [2.24, 2.45) is 0 Å². The SMILES string of the molecule is Cc1ccc(C(C)NC(=O)NC2(C)CCC2)c(C)c1. The van der Waals surface area contributed by atoms with Gasteiger partial charge in [-0.3, -0.25) is 0 Å². The van der Waals surface area contributed by atoms with Gasteiger partial charge in [0, 0.05) is 5.54 Å². The van der Waals surface area contributed by atoms with Crippen molar-refractivity contribution in [3.05, 3.63) is 34.9 Å². The van der Waals surface area contributed by atoms with Crippen LogP contribution in [0.15, 0.2) is 18.2 Å². The van der Waals surface area contributed by atoms with E-state index in [0.717, 1.165) is 12.8 Å². The van der Waals surface area contributed by atoms with E-state index < -0.39 is 0 Å². The van der Waals surface area contributed by atoms with Crippen LogP contribution in [0, 0.1) is 13.8 Å². The third kappa shape index (κ3) is 3.28. The van der Waals surface area contributed by atoms with Gasteiger partial charge in [0.15, 0.2) is 0 Å². The highest BCUT2D eigenvalue weighted by Gasteiger charge is 2.33. The minimum Gasteiger partial charge on any atom is -0.333 e. The second-order valence-electron chi connectivity index (χ2n) is 6.09. The van der Waals surface area contributed by atoms with Crippen LogP contribution in [-0.4, -0.2) is 11.6 Å². The molecule has 0 heterocycles. The molecule has 0 spiro atoms. The van der Waals surface area contributed by atoms with Crippen molar-refractivity contribution in [2.45, 2.75) is 58.5 Å². The highest BCUT2D eigenvalue weighted by molar-refractivity contribution is 5.75. The molecule has 1 aromatic carbocycles. The van der Waals surface area contributed by atoms with Crippen molar-refractivity contribution in [3.63, 3.8) is 0 Å². The summed E-state index contributed by atoms with van der Waals surface area (Å²) in [6.07, 6.45) is 3.38. The number of amides is 2. The Morgan fingerprint density at radius 1 is 1.32 bits per heavy atom. The minimum absolute atomic E-state index is 0.00608. The molecule has 2 N–H and O–H groups in total. The summed E-state index contributed by atoms with van der Waals surface area (Å²) in [6, 6.07) is 6.31. The third-order valence-corrected chi connectivity index (χ3v) is 4.11. The van der Waals surface area contributed by atoms with E-state index in [-0.39, 0.29) is 17.6 Å². The molecular formula is C16H24N2O. The van der Waals surface area contributed by atoms with Gasteiger partial charge in [-0.1, -0.05) is 23.8 Å². The Morgan fingerprint density at radius 3 is 2.53 bits per heavy atom. The van der Waals surface area contributed by atoms with Crippen LogP contribution in [0.1, 0.15) is 55.8 Å². The highest BCUT2D eigenvalue weighted by atomic mass is 16.2. The van der Waals surface area contributed by atoms with E-state index in [1.165, 1.54) is 23.1 Å². The molecule has 104 valence electrons. The van der Waals surface area contributed by atoms with Gasteiger partial charge in [-0.25, -0.2) is 4.79 Å². The van der Waals surface area contributed by atoms with E-state index in [0.29, 0.717) is 0 Å². The zero-order valence-electron chi connectivity index (χ0n) is 12.3. The zero-order chi connectivity index (χ0) is 14.0. The first-order valence-corrected chi connectivity index (χ1v) is 7.05. The first-order chi connectivity index (χ1) is 8.89. The van der Waals surface area contributed by atoms with Crippen LogP contribution in [0.2, 0.25) is 0 Å². The summed E-state index contributed by atoms with van der Waals surface area (Å²) in [4.78, 5) is 12.0. The van der Waals surface area contributed by atoms with E-state index in [4.69, 9.17) is 0 Å². The van der Waals surface area contributed by atoms with Crippen molar-refractivity contribution in [1.82, 2.24) is 10.6 Å². The van der Waals surface area contributed by atoms with Crippen LogP contribution >= 0.6 is 0 Å². The van der Waals surface area contributed by atoms with Gasteiger partial charge in [0.1, 0.15) is 0 Å². The fourth-order valence-corrected chi connectivity index (χ4v) is 2.73. The number of carbonyl (C=O) groups is 1. The van der Waals surface area contributed by atoms with E-state index in [9.17, 15) is 4.79 Å². The Labute approximate surface area is 115 Å². The van der Waals surface area contributed by atoms with Crippen molar-refractivity contribution in [2.75, 3.05) is 0 Å². The number of rotatable bonds is 3. The average molecular weight is 260 g/mol. The van der Waals surface area contributed by atoms with Crippen LogP contribution in [0.5, 0.6) is 0 Å². The molecule has 0 aliphatic heterocycles. The molecule has 1 aromatic rings. The van der Waals surface area contributed by atoms with Crippen LogP contribution in [0.3, 0.4) is 0 Å². The fraction of sp³-hybridized carbons (Fsp3) is 0.562. The second kappa shape index (κ2) is 5.24. The molecule has 19 heavy (non-hydrogen) atoms. The van der Waals surface area contributed by atoms with Crippen LogP contribution in [0.4, 0.5) is 4.79 Å². The van der Waals surface area contributed by atoms with Gasteiger partial charge in [0.2, 0.25) is 0 Å². The largest absolute Gasteiger partial charge is 0.333 e. The average Bonchev–Trinajstić information content (AvgIpc) is 2.26. The van der Waals surface area contributed by atoms with Gasteiger partial charge in [-0.15, -0.1) is 0 Å². The molecule has 1 saturated carbocycles. The third-order valence-electron chi connectivity index (χ3n) is 4.11. The van der Waals surface area contributed by atoms with Crippen molar-refractivity contribution < 1.29 is 4.79 Å². The zero-order valence-corrected chi connectivity index (χ0v) is 12.3. The highest BCUT2D eigenvalue weighted by Crippen LogP contribution is 2.30. The predicted octanol–water partition coefficient (Wildman–Crippen LogP) is 3.61. The maximum absolute atomic E-state index is 12.0. The number of urea groups is 1. The summed E-state index contributed by atoms with van der Waals surface area (Å²) in [5.41, 5.74) is 3.66. The number of nitrogens with one attached hydrogen (secondary N) is 2. The monoisotopic (exact) mass is 260 g/mol. The number of hydrogen-bond acceptors (Lipinski definition) is 1. The quantitative estimate of drug-likeness (QED) is 0.856. The van der Waals surface area contributed by atoms with E-state index in [2.05, 4.69) is 49.6 Å². The fourth-order valence-electron chi connectivity index (χ4n) is 2.73. The minimum atomic E-state index is -0.0605. The second-order valence-corrected chi connectivity index (χ2v) is 6.09. The molecule has 1 atom stereocenters. The predicted molar refractivity (Wildman–Crippen MR) is 78.3 cm³/mol. The number of hydrogen-bond donors (Lipinski definition) is 2. The van der Waals surface area contributed by atoms with E-state index in [1.54, 1.807) is 0 Å². The van der Waals surface area contributed by atoms with Crippen molar-refractivity contribution in [3.8, 4) is 0 Å². The first kappa shape index (κ1) is 13.9. The molecule has 1 aliphatic carbocycles. The molecule has 3 nitrogen and oxygen atoms in total.